The molecule has 1 aliphatic heterocycles. The number of nitrogens with one attached hydrogen (secondary N) is 2. The third-order valence-electron chi connectivity index (χ3n) is 6.07. The Bertz CT molecular complexity index is 1240. The maximum atomic E-state index is 12.2. The number of aryl methyl sites for hydroxylation is 2. The number of imidazole rings is 1. The predicted octanol–water partition coefficient (Wildman–Crippen LogP) is 2.25. The van der Waals surface area contributed by atoms with Crippen molar-refractivity contribution in [2.75, 3.05) is 12.4 Å². The average Bonchev–Trinajstić information content (AvgIpc) is 3.43. The lowest BCUT2D eigenvalue weighted by molar-refractivity contribution is -0.134. The molecule has 0 bridgehead atoms. The molecule has 3 aromatic rings. The molecule has 0 radical (unpaired) electrons. The van der Waals surface area contributed by atoms with Crippen LogP contribution in [0, 0.1) is 0 Å². The van der Waals surface area contributed by atoms with Crippen LogP contribution in [-0.2, 0) is 28.9 Å². The van der Waals surface area contributed by atoms with Gasteiger partial charge in [-0.05, 0) is 35.1 Å². The summed E-state index contributed by atoms with van der Waals surface area (Å²) in [6.07, 6.45) is 1.31. The van der Waals surface area contributed by atoms with Crippen LogP contribution in [0.3, 0.4) is 0 Å². The van der Waals surface area contributed by atoms with Crippen LogP contribution in [0.4, 0.5) is 5.82 Å². The quantitative estimate of drug-likeness (QED) is 0.261. The fraction of sp³-hybridized carbons (Fsp3) is 0.455. The molecule has 4 atom stereocenters. The number of aliphatic hydroxyl groups is 1. The number of fused-ring (bicyclic) bond motifs is 1. The van der Waals surface area contributed by atoms with Gasteiger partial charge in [0.1, 0.15) is 24.6 Å². The number of nitrogens with zero attached hydrogens (tertiary/aromatic N) is 7. The van der Waals surface area contributed by atoms with Gasteiger partial charge in [-0.25, -0.2) is 15.0 Å². The number of benzene rings is 1. The molecule has 1 saturated heterocycles. The Morgan fingerprint density at radius 2 is 2.09 bits per heavy atom. The van der Waals surface area contributed by atoms with Crippen LogP contribution in [0.25, 0.3) is 21.6 Å². The number of aromatic nitrogens is 4. The molecule has 2 aromatic heterocycles. The second-order valence-corrected chi connectivity index (χ2v) is 7.96. The van der Waals surface area contributed by atoms with E-state index in [1.807, 2.05) is 0 Å². The zero-order valence-electron chi connectivity index (χ0n) is 19.2. The van der Waals surface area contributed by atoms with Crippen LogP contribution in [-0.4, -0.2) is 55.8 Å². The summed E-state index contributed by atoms with van der Waals surface area (Å²) in [7, 11) is 1.44. The van der Waals surface area contributed by atoms with Crippen LogP contribution >= 0.6 is 0 Å². The lowest BCUT2D eigenvalue weighted by Gasteiger charge is -2.17. The summed E-state index contributed by atoms with van der Waals surface area (Å²) in [5, 5.41) is 20.2. The summed E-state index contributed by atoms with van der Waals surface area (Å²) in [5.74, 6) is 0.0380. The molecule has 34 heavy (non-hydrogen) atoms. The predicted molar refractivity (Wildman–Crippen MR) is 125 cm³/mol. The fourth-order valence-electron chi connectivity index (χ4n) is 4.19. The first kappa shape index (κ1) is 23.4. The number of anilines is 1. The van der Waals surface area contributed by atoms with Gasteiger partial charge in [0.25, 0.3) is 0 Å². The highest BCUT2D eigenvalue weighted by atomic mass is 16.5. The molecule has 3 N–H and O–H groups in total. The standard InChI is InChI=1S/C22H27N9O3/c1-4-12-6-7-13(5-2)14(8-12)9-25-19-16-20(27-10-26-19)31(11-28-16)22-17(32)15(29-30-23)18(34-22)21(33)24-3/h6-8,10-11,15,17-18,22,32H,4-5,9H2,1-3H3,(H,24,33)(H,25,26,27). The SMILES string of the molecule is CCc1ccc(CC)c(CNc2ncnc3c2ncn3C2OC(C(=O)NC)C(N=[N+]=[N-])C2O)c1. The second kappa shape index (κ2) is 10.0. The number of aliphatic hydroxyl groups excluding tert-OH is 1. The Hall–Kier alpha value is -3.73. The summed E-state index contributed by atoms with van der Waals surface area (Å²) in [4.78, 5) is 28.0. The van der Waals surface area contributed by atoms with E-state index in [2.05, 4.69) is 67.7 Å². The summed E-state index contributed by atoms with van der Waals surface area (Å²) in [5.41, 5.74) is 13.5. The molecule has 12 heteroatoms. The van der Waals surface area contributed by atoms with E-state index < -0.39 is 30.4 Å². The highest BCUT2D eigenvalue weighted by molar-refractivity contribution is 5.83. The van der Waals surface area contributed by atoms with Crippen molar-refractivity contribution in [3.05, 3.63) is 58.0 Å². The highest BCUT2D eigenvalue weighted by Gasteiger charge is 2.48. The minimum absolute atomic E-state index is 0.414. The molecule has 0 saturated carbocycles. The van der Waals surface area contributed by atoms with Gasteiger partial charge in [0.05, 0.1) is 6.33 Å². The molecule has 4 rings (SSSR count). The van der Waals surface area contributed by atoms with Gasteiger partial charge < -0.3 is 20.5 Å². The topological polar surface area (TPSA) is 163 Å². The average molecular weight is 466 g/mol. The van der Waals surface area contributed by atoms with Crippen LogP contribution < -0.4 is 10.6 Å². The Morgan fingerprint density at radius 3 is 2.79 bits per heavy atom. The Labute approximate surface area is 196 Å². The molecule has 1 fully saturated rings. The smallest absolute Gasteiger partial charge is 0.249 e. The van der Waals surface area contributed by atoms with Gasteiger partial charge in [-0.15, -0.1) is 0 Å². The van der Waals surface area contributed by atoms with Crippen molar-refractivity contribution < 1.29 is 14.6 Å². The minimum atomic E-state index is -1.27. The fourth-order valence-corrected chi connectivity index (χ4v) is 4.19. The number of hydrogen-bond acceptors (Lipinski definition) is 8. The monoisotopic (exact) mass is 465 g/mol. The van der Waals surface area contributed by atoms with Gasteiger partial charge >= 0.3 is 0 Å². The van der Waals surface area contributed by atoms with E-state index in [1.54, 1.807) is 0 Å². The first-order valence-corrected chi connectivity index (χ1v) is 11.1. The van der Waals surface area contributed by atoms with E-state index in [0.717, 1.165) is 12.8 Å². The number of carbonyl (C=O) groups excluding carboxylic acids is 1. The highest BCUT2D eigenvalue weighted by Crippen LogP contribution is 2.34. The Kier molecular flexibility index (Phi) is 6.92. The second-order valence-electron chi connectivity index (χ2n) is 7.96. The van der Waals surface area contributed by atoms with Crippen molar-refractivity contribution in [3.63, 3.8) is 0 Å². The van der Waals surface area contributed by atoms with Crippen molar-refractivity contribution in [1.29, 1.82) is 0 Å². The molecule has 3 heterocycles. The molecule has 0 spiro atoms. The normalized spacial score (nSPS) is 21.9. The lowest BCUT2D eigenvalue weighted by Crippen LogP contribution is -2.40. The van der Waals surface area contributed by atoms with E-state index in [1.165, 1.54) is 41.0 Å². The van der Waals surface area contributed by atoms with Crippen molar-refractivity contribution in [2.24, 2.45) is 5.11 Å². The number of azide groups is 1. The first-order valence-electron chi connectivity index (χ1n) is 11.1. The number of ether oxygens (including phenoxy) is 1. The van der Waals surface area contributed by atoms with Crippen LogP contribution in [0.2, 0.25) is 0 Å². The van der Waals surface area contributed by atoms with Gasteiger partial charge in [0, 0.05) is 18.5 Å². The third-order valence-corrected chi connectivity index (χ3v) is 6.07. The number of hydrogen-bond donors (Lipinski definition) is 3. The molecular weight excluding hydrogens is 438 g/mol. The first-order chi connectivity index (χ1) is 16.5. The molecule has 12 nitrogen and oxygen atoms in total. The van der Waals surface area contributed by atoms with E-state index in [0.29, 0.717) is 23.5 Å². The maximum Gasteiger partial charge on any atom is 0.249 e. The van der Waals surface area contributed by atoms with Crippen LogP contribution in [0.1, 0.15) is 36.8 Å². The number of amides is 1. The van der Waals surface area contributed by atoms with Crippen LogP contribution in [0.15, 0.2) is 36.0 Å². The third kappa shape index (κ3) is 4.26. The summed E-state index contributed by atoms with van der Waals surface area (Å²) in [6, 6.07) is 5.41. The summed E-state index contributed by atoms with van der Waals surface area (Å²) >= 11 is 0. The van der Waals surface area contributed by atoms with Crippen molar-refractivity contribution >= 4 is 22.9 Å². The summed E-state index contributed by atoms with van der Waals surface area (Å²) in [6.45, 7) is 4.81. The lowest BCUT2D eigenvalue weighted by atomic mass is 10.0. The zero-order chi connectivity index (χ0) is 24.2. The van der Waals surface area contributed by atoms with Gasteiger partial charge in [-0.1, -0.05) is 37.2 Å². The largest absolute Gasteiger partial charge is 0.388 e. The molecule has 1 aliphatic rings. The van der Waals surface area contributed by atoms with Crippen molar-refractivity contribution in [3.8, 4) is 0 Å². The molecule has 1 aromatic carbocycles. The minimum Gasteiger partial charge on any atom is -0.388 e. The number of carbonyl (C=O) groups is 1. The van der Waals surface area contributed by atoms with E-state index in [9.17, 15) is 9.90 Å². The van der Waals surface area contributed by atoms with Gasteiger partial charge in [0.2, 0.25) is 5.91 Å². The summed E-state index contributed by atoms with van der Waals surface area (Å²) < 4.78 is 7.30. The van der Waals surface area contributed by atoms with Gasteiger partial charge in [-0.3, -0.25) is 9.36 Å². The van der Waals surface area contributed by atoms with Gasteiger partial charge in [0.15, 0.2) is 23.2 Å². The van der Waals surface area contributed by atoms with Crippen molar-refractivity contribution in [2.45, 2.75) is 57.7 Å². The zero-order valence-corrected chi connectivity index (χ0v) is 19.2. The molecule has 1 amide bonds. The molecule has 0 aliphatic carbocycles. The Balaban J connectivity index is 1.63. The Morgan fingerprint density at radius 1 is 1.26 bits per heavy atom. The number of likely N-dealkylation sites (N-methyl/N-ethyl adjacent to an activating group) is 1. The van der Waals surface area contributed by atoms with Crippen molar-refractivity contribution in [1.82, 2.24) is 24.8 Å². The van der Waals surface area contributed by atoms with Gasteiger partial charge in [-0.2, -0.15) is 0 Å². The van der Waals surface area contributed by atoms with Crippen LogP contribution in [0.5, 0.6) is 0 Å². The number of rotatable bonds is 8. The van der Waals surface area contributed by atoms with E-state index >= 15 is 0 Å². The van der Waals surface area contributed by atoms with E-state index in [4.69, 9.17) is 10.3 Å². The van der Waals surface area contributed by atoms with E-state index in [-0.39, 0.29) is 0 Å². The molecule has 4 unspecified atom stereocenters. The maximum absolute atomic E-state index is 12.2. The molecule has 178 valence electrons. The molecular formula is C22H27N9O3.